The van der Waals surface area contributed by atoms with Gasteiger partial charge in [-0.15, -0.1) is 0 Å². The normalized spacial score (nSPS) is 16.4. The van der Waals surface area contributed by atoms with Gasteiger partial charge in [-0.05, 0) is 40.8 Å². The summed E-state index contributed by atoms with van der Waals surface area (Å²) in [7, 11) is 0. The molecule has 0 unspecified atom stereocenters. The van der Waals surface area contributed by atoms with Crippen molar-refractivity contribution in [3.63, 3.8) is 0 Å². The highest BCUT2D eigenvalue weighted by molar-refractivity contribution is 6.31. The summed E-state index contributed by atoms with van der Waals surface area (Å²) in [5.41, 5.74) is 1.93. The quantitative estimate of drug-likeness (QED) is 0.656. The molecule has 1 aliphatic heterocycles. The van der Waals surface area contributed by atoms with Gasteiger partial charge in [-0.3, -0.25) is 9.59 Å². The van der Waals surface area contributed by atoms with Crippen LogP contribution in [-0.2, 0) is 22.6 Å². The van der Waals surface area contributed by atoms with Crippen molar-refractivity contribution in [1.29, 1.82) is 0 Å². The zero-order valence-corrected chi connectivity index (χ0v) is 17.6. The van der Waals surface area contributed by atoms with E-state index >= 15 is 0 Å². The van der Waals surface area contributed by atoms with Crippen molar-refractivity contribution in [2.24, 2.45) is 5.92 Å². The van der Waals surface area contributed by atoms with Gasteiger partial charge in [-0.2, -0.15) is 0 Å². The molecule has 0 aromatic heterocycles. The molecule has 0 spiro atoms. The summed E-state index contributed by atoms with van der Waals surface area (Å²) >= 11 is 6.17. The molecular formula is C25H25ClN2O2. The lowest BCUT2D eigenvalue weighted by Crippen LogP contribution is -2.45. The summed E-state index contributed by atoms with van der Waals surface area (Å²) in [5, 5.41) is 5.88. The molecule has 1 N–H and O–H groups in total. The van der Waals surface area contributed by atoms with E-state index in [9.17, 15) is 9.59 Å². The van der Waals surface area contributed by atoms with E-state index in [2.05, 4.69) is 23.5 Å². The van der Waals surface area contributed by atoms with Crippen LogP contribution in [0.1, 0.15) is 24.0 Å². The number of carbonyl (C=O) groups is 2. The maximum Gasteiger partial charge on any atom is 0.227 e. The first kappa shape index (κ1) is 20.4. The third-order valence-electron chi connectivity index (χ3n) is 5.78. The Morgan fingerprint density at radius 3 is 2.57 bits per heavy atom. The van der Waals surface area contributed by atoms with E-state index in [1.165, 1.54) is 0 Å². The Hall–Kier alpha value is -2.85. The number of fused-ring (bicyclic) bond motifs is 1. The van der Waals surface area contributed by atoms with Gasteiger partial charge in [-0.1, -0.05) is 72.3 Å². The fraction of sp³-hybridized carbons (Fsp3) is 0.280. The van der Waals surface area contributed by atoms with Crippen molar-refractivity contribution in [1.82, 2.24) is 10.2 Å². The number of piperidine rings is 1. The lowest BCUT2D eigenvalue weighted by Gasteiger charge is -2.32. The standard InChI is InChI=1S/C25H25ClN2O2/c26-23-13-4-2-8-20(23)16-27-25(30)21-11-6-14-28(17-21)24(29)15-19-10-5-9-18-7-1-3-12-22(18)19/h1-5,7-10,12-13,21H,6,11,14-17H2,(H,27,30)/t21-/m0/s1. The number of likely N-dealkylation sites (tertiary alicyclic amines) is 1. The summed E-state index contributed by atoms with van der Waals surface area (Å²) < 4.78 is 0. The van der Waals surface area contributed by atoms with Crippen molar-refractivity contribution < 1.29 is 9.59 Å². The largest absolute Gasteiger partial charge is 0.352 e. The number of hydrogen-bond donors (Lipinski definition) is 1. The molecule has 2 amide bonds. The number of hydrogen-bond acceptors (Lipinski definition) is 2. The first-order valence-corrected chi connectivity index (χ1v) is 10.7. The molecule has 1 saturated heterocycles. The van der Waals surface area contributed by atoms with Crippen molar-refractivity contribution in [2.75, 3.05) is 13.1 Å². The minimum absolute atomic E-state index is 0.0161. The molecule has 0 saturated carbocycles. The molecule has 1 aliphatic rings. The van der Waals surface area contributed by atoms with E-state index in [4.69, 9.17) is 11.6 Å². The molecule has 1 heterocycles. The highest BCUT2D eigenvalue weighted by Crippen LogP contribution is 2.22. The van der Waals surface area contributed by atoms with Gasteiger partial charge >= 0.3 is 0 Å². The number of rotatable bonds is 5. The van der Waals surface area contributed by atoms with Gasteiger partial charge in [0, 0.05) is 24.7 Å². The molecule has 154 valence electrons. The van der Waals surface area contributed by atoms with Crippen LogP contribution < -0.4 is 5.32 Å². The average Bonchev–Trinajstić information content (AvgIpc) is 2.78. The summed E-state index contributed by atoms with van der Waals surface area (Å²) in [6.45, 7) is 1.58. The molecular weight excluding hydrogens is 396 g/mol. The van der Waals surface area contributed by atoms with Gasteiger partial charge in [-0.25, -0.2) is 0 Å². The number of nitrogens with zero attached hydrogens (tertiary/aromatic N) is 1. The lowest BCUT2D eigenvalue weighted by atomic mass is 9.95. The Balaban J connectivity index is 1.37. The number of halogens is 1. The maximum atomic E-state index is 13.0. The molecule has 30 heavy (non-hydrogen) atoms. The zero-order valence-electron chi connectivity index (χ0n) is 16.8. The molecule has 1 atom stereocenters. The molecule has 4 rings (SSSR count). The Bertz CT molecular complexity index is 1060. The third-order valence-corrected chi connectivity index (χ3v) is 6.15. The zero-order chi connectivity index (χ0) is 20.9. The monoisotopic (exact) mass is 420 g/mol. The second-order valence-electron chi connectivity index (χ2n) is 7.80. The predicted molar refractivity (Wildman–Crippen MR) is 120 cm³/mol. The van der Waals surface area contributed by atoms with Gasteiger partial charge in [0.2, 0.25) is 11.8 Å². The second kappa shape index (κ2) is 9.31. The van der Waals surface area contributed by atoms with Crippen LogP contribution in [0.25, 0.3) is 10.8 Å². The van der Waals surface area contributed by atoms with Crippen LogP contribution in [0.5, 0.6) is 0 Å². The molecule has 1 fully saturated rings. The first-order chi connectivity index (χ1) is 14.6. The van der Waals surface area contributed by atoms with Crippen LogP contribution in [0.15, 0.2) is 66.7 Å². The average molecular weight is 421 g/mol. The van der Waals surface area contributed by atoms with E-state index in [0.717, 1.165) is 34.7 Å². The van der Waals surface area contributed by atoms with Crippen LogP contribution >= 0.6 is 11.6 Å². The smallest absolute Gasteiger partial charge is 0.227 e. The number of nitrogens with one attached hydrogen (secondary N) is 1. The number of benzene rings is 3. The predicted octanol–water partition coefficient (Wildman–Crippen LogP) is 4.59. The van der Waals surface area contributed by atoms with E-state index in [1.54, 1.807) is 0 Å². The molecule has 3 aromatic carbocycles. The van der Waals surface area contributed by atoms with E-state index in [0.29, 0.717) is 31.1 Å². The summed E-state index contributed by atoms with van der Waals surface area (Å²) in [4.78, 5) is 27.5. The van der Waals surface area contributed by atoms with Crippen LogP contribution in [-0.4, -0.2) is 29.8 Å². The minimum Gasteiger partial charge on any atom is -0.352 e. The molecule has 4 nitrogen and oxygen atoms in total. The highest BCUT2D eigenvalue weighted by Gasteiger charge is 2.28. The van der Waals surface area contributed by atoms with Gasteiger partial charge in [0.15, 0.2) is 0 Å². The van der Waals surface area contributed by atoms with Crippen molar-refractivity contribution in [3.8, 4) is 0 Å². The minimum atomic E-state index is -0.183. The Morgan fingerprint density at radius 1 is 0.967 bits per heavy atom. The lowest BCUT2D eigenvalue weighted by molar-refractivity contribution is -0.135. The maximum absolute atomic E-state index is 13.0. The SMILES string of the molecule is O=C(NCc1ccccc1Cl)[C@H]1CCCN(C(=O)Cc2cccc3ccccc23)C1. The van der Waals surface area contributed by atoms with Crippen LogP contribution in [0.2, 0.25) is 5.02 Å². The summed E-state index contributed by atoms with van der Waals surface area (Å²) in [6.07, 6.45) is 1.99. The fourth-order valence-electron chi connectivity index (χ4n) is 4.11. The molecule has 0 bridgehead atoms. The number of amides is 2. The third kappa shape index (κ3) is 4.65. The highest BCUT2D eigenvalue weighted by atomic mass is 35.5. The van der Waals surface area contributed by atoms with E-state index < -0.39 is 0 Å². The van der Waals surface area contributed by atoms with Crippen molar-refractivity contribution >= 4 is 34.2 Å². The molecule has 0 aliphatic carbocycles. The first-order valence-electron chi connectivity index (χ1n) is 10.4. The summed E-state index contributed by atoms with van der Waals surface area (Å²) in [6, 6.07) is 21.7. The second-order valence-corrected chi connectivity index (χ2v) is 8.21. The van der Waals surface area contributed by atoms with Gasteiger partial charge in [0.25, 0.3) is 0 Å². The topological polar surface area (TPSA) is 49.4 Å². The fourth-order valence-corrected chi connectivity index (χ4v) is 4.31. The van der Waals surface area contributed by atoms with E-state index in [-0.39, 0.29) is 17.7 Å². The summed E-state index contributed by atoms with van der Waals surface area (Å²) in [5.74, 6) is -0.120. The molecule has 5 heteroatoms. The van der Waals surface area contributed by atoms with Crippen LogP contribution in [0.4, 0.5) is 0 Å². The Labute approximate surface area is 181 Å². The molecule has 0 radical (unpaired) electrons. The van der Waals surface area contributed by atoms with Gasteiger partial charge in [0.1, 0.15) is 0 Å². The Kier molecular flexibility index (Phi) is 6.34. The van der Waals surface area contributed by atoms with Gasteiger partial charge < -0.3 is 10.2 Å². The number of carbonyl (C=O) groups excluding carboxylic acids is 2. The van der Waals surface area contributed by atoms with Gasteiger partial charge in [0.05, 0.1) is 12.3 Å². The van der Waals surface area contributed by atoms with Crippen molar-refractivity contribution in [2.45, 2.75) is 25.8 Å². The van der Waals surface area contributed by atoms with Crippen molar-refractivity contribution in [3.05, 3.63) is 82.9 Å². The van der Waals surface area contributed by atoms with Crippen LogP contribution in [0, 0.1) is 5.92 Å². The Morgan fingerprint density at radius 2 is 1.70 bits per heavy atom. The van der Waals surface area contributed by atoms with E-state index in [1.807, 2.05) is 53.4 Å². The van der Waals surface area contributed by atoms with Crippen LogP contribution in [0.3, 0.4) is 0 Å². The molecule has 3 aromatic rings.